The molecule has 0 aliphatic carbocycles. The number of thioether (sulfide) groups is 1. The lowest BCUT2D eigenvalue weighted by Crippen LogP contribution is -2.13. The maximum Gasteiger partial charge on any atom is 0.264 e. The SMILES string of the molecule is Cc1cccc(CSc2nnc(N/N=C/c3ccccc3OCc3ccc(Cl)cc3)n2N)c1. The molecule has 0 aliphatic heterocycles. The number of hydrazone groups is 1. The van der Waals surface area contributed by atoms with Crippen LogP contribution in [0.3, 0.4) is 0 Å². The van der Waals surface area contributed by atoms with Crippen molar-refractivity contribution in [1.29, 1.82) is 0 Å². The summed E-state index contributed by atoms with van der Waals surface area (Å²) < 4.78 is 7.34. The average molecular weight is 479 g/mol. The molecule has 0 spiro atoms. The van der Waals surface area contributed by atoms with Crippen molar-refractivity contribution in [2.45, 2.75) is 24.4 Å². The Labute approximate surface area is 201 Å². The van der Waals surface area contributed by atoms with Crippen LogP contribution in [0, 0.1) is 6.92 Å². The summed E-state index contributed by atoms with van der Waals surface area (Å²) in [5.74, 6) is 7.93. The zero-order valence-electron chi connectivity index (χ0n) is 18.0. The summed E-state index contributed by atoms with van der Waals surface area (Å²) in [6.07, 6.45) is 1.66. The molecule has 3 N–H and O–H groups in total. The first-order chi connectivity index (χ1) is 16.1. The van der Waals surface area contributed by atoms with E-state index in [0.29, 0.717) is 28.5 Å². The van der Waals surface area contributed by atoms with E-state index >= 15 is 0 Å². The predicted molar refractivity (Wildman–Crippen MR) is 134 cm³/mol. The molecule has 33 heavy (non-hydrogen) atoms. The second-order valence-electron chi connectivity index (χ2n) is 7.28. The van der Waals surface area contributed by atoms with Crippen LogP contribution >= 0.6 is 23.4 Å². The molecule has 0 aliphatic rings. The largest absolute Gasteiger partial charge is 0.488 e. The summed E-state index contributed by atoms with van der Waals surface area (Å²) >= 11 is 7.45. The zero-order valence-corrected chi connectivity index (χ0v) is 19.6. The molecule has 1 aromatic heterocycles. The van der Waals surface area contributed by atoms with Crippen LogP contribution in [0.4, 0.5) is 5.95 Å². The van der Waals surface area contributed by atoms with Gasteiger partial charge in [0.2, 0.25) is 5.16 Å². The number of nitrogen functional groups attached to an aromatic ring is 1. The van der Waals surface area contributed by atoms with Crippen molar-refractivity contribution in [3.05, 3.63) is 100 Å². The van der Waals surface area contributed by atoms with Crippen LogP contribution in [-0.4, -0.2) is 21.1 Å². The summed E-state index contributed by atoms with van der Waals surface area (Å²) in [6.45, 7) is 2.49. The third kappa shape index (κ3) is 6.27. The van der Waals surface area contributed by atoms with Crippen molar-refractivity contribution < 1.29 is 4.74 Å². The molecule has 0 fully saturated rings. The quantitative estimate of drug-likeness (QED) is 0.147. The lowest BCUT2D eigenvalue weighted by Gasteiger charge is -2.09. The first-order valence-corrected chi connectivity index (χ1v) is 11.6. The van der Waals surface area contributed by atoms with Gasteiger partial charge in [0.25, 0.3) is 5.95 Å². The molecule has 1 heterocycles. The highest BCUT2D eigenvalue weighted by atomic mass is 35.5. The summed E-state index contributed by atoms with van der Waals surface area (Å²) in [5.41, 5.74) is 7.11. The van der Waals surface area contributed by atoms with Gasteiger partial charge in [0.05, 0.1) is 6.21 Å². The van der Waals surface area contributed by atoms with Crippen molar-refractivity contribution in [1.82, 2.24) is 14.9 Å². The third-order valence-corrected chi connectivity index (χ3v) is 5.98. The van der Waals surface area contributed by atoms with Crippen LogP contribution in [0.2, 0.25) is 5.02 Å². The molecular weight excluding hydrogens is 456 g/mol. The number of ether oxygens (including phenoxy) is 1. The van der Waals surface area contributed by atoms with Gasteiger partial charge in [-0.15, -0.1) is 10.2 Å². The molecule has 0 atom stereocenters. The first-order valence-electron chi connectivity index (χ1n) is 10.2. The number of anilines is 1. The van der Waals surface area contributed by atoms with Gasteiger partial charge >= 0.3 is 0 Å². The van der Waals surface area contributed by atoms with Crippen LogP contribution in [0.15, 0.2) is 83.1 Å². The lowest BCUT2D eigenvalue weighted by atomic mass is 10.2. The number of nitrogens with two attached hydrogens (primary N) is 1. The van der Waals surface area contributed by atoms with Crippen molar-refractivity contribution in [2.24, 2.45) is 5.10 Å². The third-order valence-electron chi connectivity index (χ3n) is 4.71. The number of hydrogen-bond donors (Lipinski definition) is 2. The second kappa shape index (κ2) is 10.9. The van der Waals surface area contributed by atoms with Gasteiger partial charge in [-0.05, 0) is 42.3 Å². The van der Waals surface area contributed by atoms with Crippen LogP contribution in [-0.2, 0) is 12.4 Å². The van der Waals surface area contributed by atoms with Crippen molar-refractivity contribution in [2.75, 3.05) is 11.3 Å². The van der Waals surface area contributed by atoms with E-state index < -0.39 is 0 Å². The Hall–Kier alpha value is -3.49. The molecule has 0 saturated carbocycles. The molecule has 3 aromatic carbocycles. The van der Waals surface area contributed by atoms with E-state index in [-0.39, 0.29) is 0 Å². The Morgan fingerprint density at radius 3 is 2.70 bits per heavy atom. The van der Waals surface area contributed by atoms with E-state index in [1.165, 1.54) is 27.6 Å². The molecule has 4 aromatic rings. The molecule has 7 nitrogen and oxygen atoms in total. The molecule has 0 saturated heterocycles. The van der Waals surface area contributed by atoms with Gasteiger partial charge in [0.1, 0.15) is 12.4 Å². The molecule has 0 amide bonds. The van der Waals surface area contributed by atoms with Crippen LogP contribution in [0.1, 0.15) is 22.3 Å². The summed E-state index contributed by atoms with van der Waals surface area (Å²) in [4.78, 5) is 0. The number of para-hydroxylation sites is 1. The summed E-state index contributed by atoms with van der Waals surface area (Å²) in [5, 5.41) is 13.8. The van der Waals surface area contributed by atoms with Gasteiger partial charge in [-0.2, -0.15) is 5.10 Å². The normalized spacial score (nSPS) is 11.1. The van der Waals surface area contributed by atoms with Gasteiger partial charge in [0.15, 0.2) is 0 Å². The Balaban J connectivity index is 1.36. The highest BCUT2D eigenvalue weighted by Crippen LogP contribution is 2.22. The van der Waals surface area contributed by atoms with E-state index in [9.17, 15) is 0 Å². The van der Waals surface area contributed by atoms with Crippen molar-refractivity contribution in [3.8, 4) is 5.75 Å². The van der Waals surface area contributed by atoms with Crippen LogP contribution < -0.4 is 16.0 Å². The lowest BCUT2D eigenvalue weighted by molar-refractivity contribution is 0.306. The number of nitrogens with one attached hydrogen (secondary N) is 1. The molecule has 4 rings (SSSR count). The summed E-state index contributed by atoms with van der Waals surface area (Å²) in [7, 11) is 0. The maximum atomic E-state index is 6.13. The minimum Gasteiger partial charge on any atom is -0.488 e. The number of hydrogen-bond acceptors (Lipinski definition) is 7. The average Bonchev–Trinajstić information content (AvgIpc) is 3.17. The number of nitrogens with zero attached hydrogens (tertiary/aromatic N) is 4. The maximum absolute atomic E-state index is 6.13. The van der Waals surface area contributed by atoms with E-state index in [1.54, 1.807) is 6.21 Å². The highest BCUT2D eigenvalue weighted by Gasteiger charge is 2.10. The Bertz CT molecular complexity index is 1240. The van der Waals surface area contributed by atoms with Crippen molar-refractivity contribution in [3.63, 3.8) is 0 Å². The van der Waals surface area contributed by atoms with Gasteiger partial charge < -0.3 is 10.6 Å². The van der Waals surface area contributed by atoms with Gasteiger partial charge in [-0.3, -0.25) is 0 Å². The Kier molecular flexibility index (Phi) is 7.49. The monoisotopic (exact) mass is 478 g/mol. The number of benzene rings is 3. The Morgan fingerprint density at radius 2 is 1.88 bits per heavy atom. The number of halogens is 1. The molecule has 168 valence electrons. The fourth-order valence-corrected chi connectivity index (χ4v) is 3.95. The first kappa shape index (κ1) is 22.7. The Morgan fingerprint density at radius 1 is 1.06 bits per heavy atom. The summed E-state index contributed by atoms with van der Waals surface area (Å²) in [6, 6.07) is 23.5. The smallest absolute Gasteiger partial charge is 0.264 e. The minimum atomic E-state index is 0.345. The topological polar surface area (TPSA) is 90.4 Å². The van der Waals surface area contributed by atoms with E-state index in [0.717, 1.165) is 16.9 Å². The molecular formula is C24H23ClN6OS. The second-order valence-corrected chi connectivity index (χ2v) is 8.66. The fourth-order valence-electron chi connectivity index (χ4n) is 3.02. The van der Waals surface area contributed by atoms with Gasteiger partial charge in [0, 0.05) is 16.3 Å². The van der Waals surface area contributed by atoms with E-state index in [2.05, 4.69) is 45.8 Å². The molecule has 9 heteroatoms. The van der Waals surface area contributed by atoms with Crippen LogP contribution in [0.5, 0.6) is 5.75 Å². The predicted octanol–water partition coefficient (Wildman–Crippen LogP) is 5.27. The van der Waals surface area contributed by atoms with Gasteiger partial charge in [-0.25, -0.2) is 10.1 Å². The zero-order chi connectivity index (χ0) is 23.0. The van der Waals surface area contributed by atoms with Gasteiger partial charge in [-0.1, -0.05) is 77.5 Å². The molecule has 0 unspecified atom stereocenters. The number of rotatable bonds is 9. The standard InChI is InChI=1S/C24H23ClN6OS/c1-17-5-4-6-19(13-17)16-33-24-30-29-23(31(24)26)28-27-14-20-7-2-3-8-22(20)32-15-18-9-11-21(25)12-10-18/h2-14H,15-16,26H2,1H3,(H,28,29)/b27-14+. The molecule has 0 bridgehead atoms. The fraction of sp³-hybridized carbons (Fsp3) is 0.125. The number of aryl methyl sites for hydroxylation is 1. The van der Waals surface area contributed by atoms with E-state index in [4.69, 9.17) is 22.2 Å². The van der Waals surface area contributed by atoms with E-state index in [1.807, 2.05) is 54.6 Å². The minimum absolute atomic E-state index is 0.345. The molecule has 0 radical (unpaired) electrons. The number of aromatic nitrogens is 3. The van der Waals surface area contributed by atoms with Crippen molar-refractivity contribution >= 4 is 35.5 Å². The van der Waals surface area contributed by atoms with Crippen LogP contribution in [0.25, 0.3) is 0 Å². The highest BCUT2D eigenvalue weighted by molar-refractivity contribution is 7.98.